The van der Waals surface area contributed by atoms with Crippen LogP contribution >= 0.6 is 23.2 Å². The van der Waals surface area contributed by atoms with Crippen molar-refractivity contribution in [2.24, 2.45) is 0 Å². The Morgan fingerprint density at radius 3 is 1.61 bits per heavy atom. The highest BCUT2D eigenvalue weighted by Crippen LogP contribution is 2.30. The van der Waals surface area contributed by atoms with Crippen LogP contribution in [-0.4, -0.2) is 40.4 Å². The Morgan fingerprint density at radius 1 is 0.786 bits per heavy atom. The van der Waals surface area contributed by atoms with Gasteiger partial charge in [-0.25, -0.2) is 0 Å². The quantitative estimate of drug-likeness (QED) is 0.768. The molecule has 0 spiro atoms. The van der Waals surface area contributed by atoms with E-state index in [1.165, 1.54) is 22.3 Å². The van der Waals surface area contributed by atoms with Crippen molar-refractivity contribution in [2.75, 3.05) is 40.4 Å². The van der Waals surface area contributed by atoms with E-state index in [-0.39, 0.29) is 12.2 Å². The average Bonchev–Trinajstić information content (AvgIpc) is 2.70. The Morgan fingerprint density at radius 2 is 1.21 bits per heavy atom. The highest BCUT2D eigenvalue weighted by molar-refractivity contribution is 6.30. The fourth-order valence-corrected chi connectivity index (χ4v) is 4.06. The van der Waals surface area contributed by atoms with Crippen LogP contribution in [0, 0.1) is 0 Å². The molecule has 4 rings (SSSR count). The Bertz CT molecular complexity index is 720. The Labute approximate surface area is 177 Å². The van der Waals surface area contributed by atoms with Gasteiger partial charge in [0.2, 0.25) is 0 Å². The van der Waals surface area contributed by atoms with E-state index in [0.29, 0.717) is 0 Å². The molecule has 2 N–H and O–H groups in total. The highest BCUT2D eigenvalue weighted by atomic mass is 35.5. The van der Waals surface area contributed by atoms with Crippen LogP contribution in [0.5, 0.6) is 0 Å². The molecule has 0 radical (unpaired) electrons. The third kappa shape index (κ3) is 5.47. The van der Waals surface area contributed by atoms with Gasteiger partial charge in [0.15, 0.2) is 0 Å². The van der Waals surface area contributed by atoms with E-state index in [4.69, 9.17) is 32.7 Å². The second-order valence-electron chi connectivity index (χ2n) is 7.02. The van der Waals surface area contributed by atoms with Gasteiger partial charge in [0.1, 0.15) is 0 Å². The van der Waals surface area contributed by atoms with E-state index in [9.17, 15) is 0 Å². The number of likely N-dealkylation sites (N-methyl/N-ethyl adjacent to an activating group) is 2. The molecule has 2 aliphatic heterocycles. The summed E-state index contributed by atoms with van der Waals surface area (Å²) in [5.74, 6) is 0. The van der Waals surface area contributed by atoms with Gasteiger partial charge in [-0.2, -0.15) is 0 Å². The third-order valence-electron chi connectivity index (χ3n) is 5.07. The molecule has 0 aromatic heterocycles. The number of rotatable bonds is 4. The van der Waals surface area contributed by atoms with Crippen molar-refractivity contribution in [3.8, 4) is 0 Å². The normalized spacial score (nSPS) is 20.6. The predicted octanol–water partition coefficient (Wildman–Crippen LogP) is 4.35. The smallest absolute Gasteiger partial charge is 0.0952 e. The summed E-state index contributed by atoms with van der Waals surface area (Å²) >= 11 is 11.9. The predicted molar refractivity (Wildman–Crippen MR) is 116 cm³/mol. The lowest BCUT2D eigenvalue weighted by atomic mass is 9.97. The molecule has 0 fully saturated rings. The molecule has 2 aliphatic rings. The molecule has 152 valence electrons. The minimum Gasteiger partial charge on any atom is -0.372 e. The molecule has 0 bridgehead atoms. The van der Waals surface area contributed by atoms with Gasteiger partial charge in [0, 0.05) is 23.1 Å². The van der Waals surface area contributed by atoms with Crippen LogP contribution < -0.4 is 10.6 Å². The van der Waals surface area contributed by atoms with Gasteiger partial charge >= 0.3 is 0 Å². The molecule has 0 aliphatic carbocycles. The third-order valence-corrected chi connectivity index (χ3v) is 5.54. The fraction of sp³-hybridized carbons (Fsp3) is 0.455. The first-order valence-electron chi connectivity index (χ1n) is 9.71. The summed E-state index contributed by atoms with van der Waals surface area (Å²) in [6.07, 6.45) is 2.30. The topological polar surface area (TPSA) is 42.5 Å². The van der Waals surface area contributed by atoms with Crippen molar-refractivity contribution in [2.45, 2.75) is 25.0 Å². The fourth-order valence-electron chi connectivity index (χ4n) is 3.70. The van der Waals surface area contributed by atoms with Crippen LogP contribution in [0.25, 0.3) is 0 Å². The van der Waals surface area contributed by atoms with Crippen LogP contribution in [0.15, 0.2) is 36.4 Å². The Kier molecular flexibility index (Phi) is 8.15. The Hall–Kier alpha value is -1.14. The lowest BCUT2D eigenvalue weighted by Crippen LogP contribution is -2.25. The molecule has 4 nitrogen and oxygen atoms in total. The molecule has 0 amide bonds. The van der Waals surface area contributed by atoms with Gasteiger partial charge in [0.25, 0.3) is 0 Å². The molecule has 0 unspecified atom stereocenters. The first kappa shape index (κ1) is 21.6. The van der Waals surface area contributed by atoms with E-state index >= 15 is 0 Å². The van der Waals surface area contributed by atoms with Gasteiger partial charge in [-0.15, -0.1) is 0 Å². The SMILES string of the molecule is CNC[C@@H]1OCCc2ccc(Cl)cc21.CNC[C@H]1OCCc2ccc(Cl)cc21. The summed E-state index contributed by atoms with van der Waals surface area (Å²) < 4.78 is 11.4. The van der Waals surface area contributed by atoms with Gasteiger partial charge in [-0.1, -0.05) is 35.3 Å². The molecular weight excluding hydrogens is 395 g/mol. The molecule has 28 heavy (non-hydrogen) atoms. The zero-order chi connectivity index (χ0) is 19.9. The van der Waals surface area contributed by atoms with Gasteiger partial charge in [-0.05, 0) is 73.5 Å². The second kappa shape index (κ2) is 10.6. The molecule has 6 heteroatoms. The minimum atomic E-state index is 0.155. The van der Waals surface area contributed by atoms with Crippen LogP contribution in [0.1, 0.15) is 34.5 Å². The van der Waals surface area contributed by atoms with E-state index in [1.807, 2.05) is 38.4 Å². The summed E-state index contributed by atoms with van der Waals surface area (Å²) in [7, 11) is 3.87. The Balaban J connectivity index is 0.000000161. The monoisotopic (exact) mass is 422 g/mol. The number of fused-ring (bicyclic) bond motifs is 2. The van der Waals surface area contributed by atoms with Crippen LogP contribution in [0.2, 0.25) is 10.0 Å². The average molecular weight is 423 g/mol. The van der Waals surface area contributed by atoms with Crippen molar-refractivity contribution < 1.29 is 9.47 Å². The van der Waals surface area contributed by atoms with E-state index in [0.717, 1.165) is 49.2 Å². The molecule has 2 aromatic rings. The van der Waals surface area contributed by atoms with Crippen molar-refractivity contribution >= 4 is 23.2 Å². The molecule has 0 saturated carbocycles. The largest absolute Gasteiger partial charge is 0.372 e. The van der Waals surface area contributed by atoms with Crippen molar-refractivity contribution in [3.63, 3.8) is 0 Å². The van der Waals surface area contributed by atoms with Crippen molar-refractivity contribution in [1.82, 2.24) is 10.6 Å². The maximum atomic E-state index is 5.97. The van der Waals surface area contributed by atoms with Gasteiger partial charge < -0.3 is 20.1 Å². The standard InChI is InChI=1S/2C11H14ClNO/c2*1-13-7-11-10-6-9(12)3-2-8(10)4-5-14-11/h2*2-3,6,11,13H,4-5,7H2,1H3/t2*11-/m10/s1. The number of benzene rings is 2. The second-order valence-corrected chi connectivity index (χ2v) is 7.89. The van der Waals surface area contributed by atoms with Crippen molar-refractivity contribution in [1.29, 1.82) is 0 Å². The summed E-state index contributed by atoms with van der Waals surface area (Å²) in [5, 5.41) is 7.83. The number of hydrogen-bond donors (Lipinski definition) is 2. The van der Waals surface area contributed by atoms with E-state index < -0.39 is 0 Å². The number of nitrogens with one attached hydrogen (secondary N) is 2. The van der Waals surface area contributed by atoms with Gasteiger partial charge in [0.05, 0.1) is 25.4 Å². The van der Waals surface area contributed by atoms with Gasteiger partial charge in [-0.3, -0.25) is 0 Å². The first-order chi connectivity index (χ1) is 13.6. The number of halogens is 2. The molecular formula is C22H28Cl2N2O2. The first-order valence-corrected chi connectivity index (χ1v) is 10.5. The van der Waals surface area contributed by atoms with Crippen LogP contribution in [0.3, 0.4) is 0 Å². The van der Waals surface area contributed by atoms with Crippen LogP contribution in [0.4, 0.5) is 0 Å². The molecule has 0 saturated heterocycles. The molecule has 2 heterocycles. The molecule has 2 atom stereocenters. The van der Waals surface area contributed by atoms with E-state index in [2.05, 4.69) is 22.8 Å². The maximum absolute atomic E-state index is 5.97. The zero-order valence-corrected chi connectivity index (χ0v) is 17.9. The lowest BCUT2D eigenvalue weighted by molar-refractivity contribution is 0.0437. The maximum Gasteiger partial charge on any atom is 0.0952 e. The zero-order valence-electron chi connectivity index (χ0n) is 16.4. The summed E-state index contributed by atoms with van der Waals surface area (Å²) in [6, 6.07) is 12.1. The number of ether oxygens (including phenoxy) is 2. The van der Waals surface area contributed by atoms with E-state index in [1.54, 1.807) is 0 Å². The highest BCUT2D eigenvalue weighted by Gasteiger charge is 2.21. The summed E-state index contributed by atoms with van der Waals surface area (Å²) in [6.45, 7) is 3.29. The lowest BCUT2D eigenvalue weighted by Gasteiger charge is -2.26. The number of hydrogen-bond acceptors (Lipinski definition) is 4. The molecule has 2 aromatic carbocycles. The summed E-state index contributed by atoms with van der Waals surface area (Å²) in [5.41, 5.74) is 5.19. The minimum absolute atomic E-state index is 0.155. The van der Waals surface area contributed by atoms with Crippen LogP contribution in [-0.2, 0) is 22.3 Å². The summed E-state index contributed by atoms with van der Waals surface area (Å²) in [4.78, 5) is 0. The van der Waals surface area contributed by atoms with Crippen molar-refractivity contribution in [3.05, 3.63) is 68.7 Å².